The summed E-state index contributed by atoms with van der Waals surface area (Å²) in [5.74, 6) is -3.32. The van der Waals surface area contributed by atoms with Gasteiger partial charge in [0.25, 0.3) is 0 Å². The summed E-state index contributed by atoms with van der Waals surface area (Å²) in [6.45, 7) is 0.509. The van der Waals surface area contributed by atoms with E-state index in [4.69, 9.17) is 10.8 Å². The molecule has 0 atom stereocenters. The lowest BCUT2D eigenvalue weighted by Gasteiger charge is -2.26. The minimum absolute atomic E-state index is 0.137. The Morgan fingerprint density at radius 1 is 1.32 bits per heavy atom. The van der Waals surface area contributed by atoms with E-state index in [0.717, 1.165) is 16.0 Å². The van der Waals surface area contributed by atoms with E-state index in [1.54, 1.807) is 12.1 Å². The average Bonchev–Trinajstić information content (AvgIpc) is 2.38. The van der Waals surface area contributed by atoms with Crippen LogP contribution in [0.2, 0.25) is 0 Å². The summed E-state index contributed by atoms with van der Waals surface area (Å²) in [6.07, 6.45) is 1.35. The molecule has 0 aromatic heterocycles. The standard InChI is InChI=1S/C13H14N2O4/c14-6-5-8-1-3-10-9(7-8)2-4-11(16)15(10)12(17)13(18)19/h1,3,7H,2,4-6,14H2,(H,18,19). The van der Waals surface area contributed by atoms with Gasteiger partial charge < -0.3 is 10.8 Å². The Hall–Kier alpha value is -2.21. The highest BCUT2D eigenvalue weighted by atomic mass is 16.4. The second-order valence-electron chi connectivity index (χ2n) is 4.34. The number of anilines is 1. The number of hydrogen-bond donors (Lipinski definition) is 2. The molecule has 0 radical (unpaired) electrons. The summed E-state index contributed by atoms with van der Waals surface area (Å²) in [5.41, 5.74) is 7.66. The molecule has 0 spiro atoms. The van der Waals surface area contributed by atoms with Crippen LogP contribution in [-0.2, 0) is 27.2 Å². The van der Waals surface area contributed by atoms with E-state index < -0.39 is 17.8 Å². The molecule has 0 fully saturated rings. The van der Waals surface area contributed by atoms with Crippen LogP contribution in [0, 0.1) is 0 Å². The third kappa shape index (κ3) is 2.48. The van der Waals surface area contributed by atoms with Crippen LogP contribution >= 0.6 is 0 Å². The van der Waals surface area contributed by atoms with Crippen LogP contribution in [0.1, 0.15) is 17.5 Å². The topological polar surface area (TPSA) is 101 Å². The number of imide groups is 1. The molecular weight excluding hydrogens is 248 g/mol. The lowest BCUT2D eigenvalue weighted by Crippen LogP contribution is -2.44. The smallest absolute Gasteiger partial charge is 0.395 e. The van der Waals surface area contributed by atoms with Gasteiger partial charge in [-0.15, -0.1) is 0 Å². The SMILES string of the molecule is NCCc1ccc2c(c1)CCC(=O)N2C(=O)C(=O)O. The number of nitrogens with zero attached hydrogens (tertiary/aromatic N) is 1. The van der Waals surface area contributed by atoms with E-state index in [1.807, 2.05) is 6.07 Å². The quantitative estimate of drug-likeness (QED) is 0.735. The molecule has 1 aromatic carbocycles. The number of hydrogen-bond acceptors (Lipinski definition) is 4. The first-order valence-corrected chi connectivity index (χ1v) is 5.96. The molecule has 6 nitrogen and oxygen atoms in total. The van der Waals surface area contributed by atoms with Crippen molar-refractivity contribution in [2.24, 2.45) is 5.73 Å². The first-order valence-electron chi connectivity index (χ1n) is 5.96. The van der Waals surface area contributed by atoms with Crippen molar-refractivity contribution in [2.45, 2.75) is 19.3 Å². The van der Waals surface area contributed by atoms with E-state index in [9.17, 15) is 14.4 Å². The fourth-order valence-electron chi connectivity index (χ4n) is 2.19. The van der Waals surface area contributed by atoms with Gasteiger partial charge in [0.05, 0.1) is 5.69 Å². The lowest BCUT2D eigenvalue weighted by atomic mass is 9.97. The number of carbonyl (C=O) groups is 3. The number of carboxylic acids is 1. The number of carbonyl (C=O) groups excluding carboxylic acids is 2. The second kappa shape index (κ2) is 5.19. The molecule has 1 aliphatic rings. The molecular formula is C13H14N2O4. The van der Waals surface area contributed by atoms with Crippen LogP contribution in [-0.4, -0.2) is 29.4 Å². The molecule has 100 valence electrons. The number of nitrogens with two attached hydrogens (primary N) is 1. The highest BCUT2D eigenvalue weighted by Crippen LogP contribution is 2.29. The monoisotopic (exact) mass is 262 g/mol. The maximum absolute atomic E-state index is 11.7. The third-order valence-corrected chi connectivity index (χ3v) is 3.06. The van der Waals surface area contributed by atoms with Gasteiger partial charge in [0.15, 0.2) is 0 Å². The van der Waals surface area contributed by atoms with Crippen LogP contribution in [0.4, 0.5) is 5.69 Å². The van der Waals surface area contributed by atoms with Crippen LogP contribution in [0.5, 0.6) is 0 Å². The number of fused-ring (bicyclic) bond motifs is 1. The highest BCUT2D eigenvalue weighted by Gasteiger charge is 2.33. The van der Waals surface area contributed by atoms with Gasteiger partial charge >= 0.3 is 11.9 Å². The fourth-order valence-corrected chi connectivity index (χ4v) is 2.19. The Balaban J connectivity index is 2.42. The normalized spacial score (nSPS) is 14.2. The molecule has 1 aromatic rings. The molecule has 6 heteroatoms. The van der Waals surface area contributed by atoms with Gasteiger partial charge in [-0.2, -0.15) is 0 Å². The molecule has 0 unspecified atom stereocenters. The van der Waals surface area contributed by atoms with Crippen LogP contribution in [0.25, 0.3) is 0 Å². The van der Waals surface area contributed by atoms with Crippen molar-refractivity contribution >= 4 is 23.5 Å². The summed E-state index contributed by atoms with van der Waals surface area (Å²) < 4.78 is 0. The van der Waals surface area contributed by atoms with E-state index in [-0.39, 0.29) is 6.42 Å². The Bertz CT molecular complexity index is 554. The summed E-state index contributed by atoms with van der Waals surface area (Å²) in [7, 11) is 0. The zero-order chi connectivity index (χ0) is 14.0. The van der Waals surface area contributed by atoms with Crippen molar-refractivity contribution in [2.75, 3.05) is 11.4 Å². The Labute approximate surface area is 109 Å². The predicted octanol–water partition coefficient (Wildman–Crippen LogP) is 0.0782. The van der Waals surface area contributed by atoms with Gasteiger partial charge in [0.1, 0.15) is 0 Å². The lowest BCUT2D eigenvalue weighted by molar-refractivity contribution is -0.150. The zero-order valence-electron chi connectivity index (χ0n) is 10.3. The average molecular weight is 262 g/mol. The van der Waals surface area contributed by atoms with Gasteiger partial charge in [-0.05, 0) is 36.6 Å². The van der Waals surface area contributed by atoms with Gasteiger partial charge in [-0.1, -0.05) is 12.1 Å². The molecule has 0 bridgehead atoms. The maximum atomic E-state index is 11.7. The van der Waals surface area contributed by atoms with E-state index in [2.05, 4.69) is 0 Å². The molecule has 19 heavy (non-hydrogen) atoms. The van der Waals surface area contributed by atoms with Crippen molar-refractivity contribution in [3.63, 3.8) is 0 Å². The molecule has 1 heterocycles. The van der Waals surface area contributed by atoms with Crippen molar-refractivity contribution in [3.8, 4) is 0 Å². The minimum Gasteiger partial charge on any atom is -0.474 e. The zero-order valence-corrected chi connectivity index (χ0v) is 10.3. The molecule has 0 saturated carbocycles. The number of amides is 2. The Kier molecular flexibility index (Phi) is 3.62. The Morgan fingerprint density at radius 2 is 2.05 bits per heavy atom. The van der Waals surface area contributed by atoms with E-state index in [0.29, 0.717) is 25.1 Å². The van der Waals surface area contributed by atoms with Crippen LogP contribution in [0.3, 0.4) is 0 Å². The van der Waals surface area contributed by atoms with Crippen molar-refractivity contribution in [3.05, 3.63) is 29.3 Å². The molecule has 0 aliphatic carbocycles. The van der Waals surface area contributed by atoms with E-state index >= 15 is 0 Å². The minimum atomic E-state index is -1.63. The Morgan fingerprint density at radius 3 is 2.68 bits per heavy atom. The van der Waals surface area contributed by atoms with E-state index in [1.165, 1.54) is 0 Å². The van der Waals surface area contributed by atoms with Crippen molar-refractivity contribution in [1.29, 1.82) is 0 Å². The first-order chi connectivity index (χ1) is 9.04. The number of rotatable bonds is 2. The van der Waals surface area contributed by atoms with Gasteiger partial charge in [0.2, 0.25) is 5.91 Å². The number of benzene rings is 1. The molecule has 2 rings (SSSR count). The molecule has 1 aliphatic heterocycles. The van der Waals surface area contributed by atoms with Gasteiger partial charge in [0, 0.05) is 6.42 Å². The number of carboxylic acid groups (broad SMARTS) is 1. The highest BCUT2D eigenvalue weighted by molar-refractivity contribution is 6.43. The van der Waals surface area contributed by atoms with Crippen LogP contribution in [0.15, 0.2) is 18.2 Å². The summed E-state index contributed by atoms with van der Waals surface area (Å²) >= 11 is 0. The first kappa shape index (κ1) is 13.2. The fraction of sp³-hybridized carbons (Fsp3) is 0.308. The summed E-state index contributed by atoms with van der Waals surface area (Å²) in [5, 5.41) is 8.76. The van der Waals surface area contributed by atoms with Gasteiger partial charge in [-0.3, -0.25) is 9.59 Å². The number of aliphatic carboxylic acids is 1. The largest absolute Gasteiger partial charge is 0.474 e. The summed E-state index contributed by atoms with van der Waals surface area (Å²) in [6, 6.07) is 5.24. The second-order valence-corrected chi connectivity index (χ2v) is 4.34. The van der Waals surface area contributed by atoms with Crippen molar-refractivity contribution in [1.82, 2.24) is 0 Å². The molecule has 3 N–H and O–H groups in total. The molecule has 2 amide bonds. The summed E-state index contributed by atoms with van der Waals surface area (Å²) in [4.78, 5) is 34.8. The van der Waals surface area contributed by atoms with Gasteiger partial charge in [-0.25, -0.2) is 9.69 Å². The number of aryl methyl sites for hydroxylation is 1. The third-order valence-electron chi connectivity index (χ3n) is 3.06. The van der Waals surface area contributed by atoms with Crippen molar-refractivity contribution < 1.29 is 19.5 Å². The molecule has 0 saturated heterocycles. The maximum Gasteiger partial charge on any atom is 0.395 e. The predicted molar refractivity (Wildman–Crippen MR) is 67.7 cm³/mol. The van der Waals surface area contributed by atoms with Crippen LogP contribution < -0.4 is 10.6 Å².